The Balaban J connectivity index is 1.85. The van der Waals surface area contributed by atoms with Gasteiger partial charge >= 0.3 is 0 Å². The van der Waals surface area contributed by atoms with Gasteiger partial charge in [0.15, 0.2) is 0 Å². The summed E-state index contributed by atoms with van der Waals surface area (Å²) < 4.78 is 0. The van der Waals surface area contributed by atoms with Gasteiger partial charge in [-0.25, -0.2) is 0 Å². The molecule has 0 unspecified atom stereocenters. The van der Waals surface area contributed by atoms with E-state index in [-0.39, 0.29) is 0 Å². The highest BCUT2D eigenvalue weighted by atomic mass is 16.1. The standard InChI is InChI=1S/C15H21NO/c17-13-16-12-5-4-9-15(10-6-11-15)14-7-2-1-3-8-14/h1-3,7-8,13H,4-6,9-12H2,(H,16,17). The predicted octanol–water partition coefficient (Wildman–Crippen LogP) is 3.02. The Morgan fingerprint density at radius 3 is 2.53 bits per heavy atom. The summed E-state index contributed by atoms with van der Waals surface area (Å²) in [5.41, 5.74) is 1.96. The second-order valence-electron chi connectivity index (χ2n) is 5.03. The van der Waals surface area contributed by atoms with Crippen LogP contribution in [0.15, 0.2) is 30.3 Å². The fourth-order valence-electron chi connectivity index (χ4n) is 2.83. The molecule has 92 valence electrons. The number of benzene rings is 1. The topological polar surface area (TPSA) is 29.1 Å². The molecule has 1 N–H and O–H groups in total. The molecule has 0 radical (unpaired) electrons. The van der Waals surface area contributed by atoms with Crippen molar-refractivity contribution in [1.29, 1.82) is 0 Å². The van der Waals surface area contributed by atoms with Gasteiger partial charge in [0, 0.05) is 6.54 Å². The van der Waals surface area contributed by atoms with Crippen molar-refractivity contribution in [2.24, 2.45) is 0 Å². The first-order chi connectivity index (χ1) is 8.37. The summed E-state index contributed by atoms with van der Waals surface area (Å²) in [5, 5.41) is 2.73. The Kier molecular flexibility index (Phi) is 4.18. The molecule has 2 nitrogen and oxygen atoms in total. The molecule has 1 aromatic carbocycles. The number of nitrogens with one attached hydrogen (secondary N) is 1. The van der Waals surface area contributed by atoms with Gasteiger partial charge in [0.2, 0.25) is 6.41 Å². The molecule has 0 atom stereocenters. The van der Waals surface area contributed by atoms with Crippen molar-refractivity contribution >= 4 is 6.41 Å². The van der Waals surface area contributed by atoms with Crippen LogP contribution in [0.2, 0.25) is 0 Å². The van der Waals surface area contributed by atoms with Crippen LogP contribution in [0.3, 0.4) is 0 Å². The maximum Gasteiger partial charge on any atom is 0.207 e. The van der Waals surface area contributed by atoms with E-state index < -0.39 is 0 Å². The van der Waals surface area contributed by atoms with Gasteiger partial charge < -0.3 is 5.32 Å². The summed E-state index contributed by atoms with van der Waals surface area (Å²) in [5.74, 6) is 0. The van der Waals surface area contributed by atoms with Crippen LogP contribution in [0.5, 0.6) is 0 Å². The van der Waals surface area contributed by atoms with Gasteiger partial charge in [-0.2, -0.15) is 0 Å². The number of hydrogen-bond donors (Lipinski definition) is 1. The predicted molar refractivity (Wildman–Crippen MR) is 69.9 cm³/mol. The van der Waals surface area contributed by atoms with E-state index in [0.717, 1.165) is 19.4 Å². The van der Waals surface area contributed by atoms with Gasteiger partial charge in [-0.1, -0.05) is 43.2 Å². The Bertz CT molecular complexity index is 343. The summed E-state index contributed by atoms with van der Waals surface area (Å²) in [4.78, 5) is 10.1. The van der Waals surface area contributed by atoms with Crippen molar-refractivity contribution in [2.45, 2.75) is 43.9 Å². The lowest BCUT2D eigenvalue weighted by Crippen LogP contribution is -2.34. The lowest BCUT2D eigenvalue weighted by Gasteiger charge is -2.43. The van der Waals surface area contributed by atoms with E-state index in [2.05, 4.69) is 35.6 Å². The molecule has 1 saturated carbocycles. The molecule has 0 aliphatic heterocycles. The van der Waals surface area contributed by atoms with Gasteiger partial charge in [0.05, 0.1) is 0 Å². The van der Waals surface area contributed by atoms with Gasteiger partial charge in [0.1, 0.15) is 0 Å². The third-order valence-electron chi connectivity index (χ3n) is 4.01. The third kappa shape index (κ3) is 2.87. The third-order valence-corrected chi connectivity index (χ3v) is 4.01. The van der Waals surface area contributed by atoms with Gasteiger partial charge in [-0.3, -0.25) is 4.79 Å². The van der Waals surface area contributed by atoms with E-state index in [0.29, 0.717) is 5.41 Å². The lowest BCUT2D eigenvalue weighted by molar-refractivity contribution is -0.109. The number of unbranched alkanes of at least 4 members (excludes halogenated alkanes) is 1. The minimum atomic E-state index is 0.447. The van der Waals surface area contributed by atoms with E-state index in [1.54, 1.807) is 0 Å². The van der Waals surface area contributed by atoms with Crippen molar-refractivity contribution < 1.29 is 4.79 Å². The minimum Gasteiger partial charge on any atom is -0.359 e. The normalized spacial score (nSPS) is 17.2. The molecule has 1 amide bonds. The molecule has 0 aromatic heterocycles. The molecular formula is C15H21NO. The largest absolute Gasteiger partial charge is 0.359 e. The summed E-state index contributed by atoms with van der Waals surface area (Å²) in [6, 6.07) is 10.9. The maximum atomic E-state index is 10.1. The zero-order valence-electron chi connectivity index (χ0n) is 10.3. The Hall–Kier alpha value is -1.31. The second-order valence-corrected chi connectivity index (χ2v) is 5.03. The summed E-state index contributed by atoms with van der Waals surface area (Å²) in [7, 11) is 0. The number of carbonyl (C=O) groups is 1. The number of hydrogen-bond acceptors (Lipinski definition) is 1. The van der Waals surface area contributed by atoms with Gasteiger partial charge in [-0.05, 0) is 36.7 Å². The van der Waals surface area contributed by atoms with E-state index in [9.17, 15) is 4.79 Å². The molecule has 1 aromatic rings. The Morgan fingerprint density at radius 2 is 1.94 bits per heavy atom. The average Bonchev–Trinajstić information content (AvgIpc) is 2.33. The van der Waals surface area contributed by atoms with Crippen molar-refractivity contribution in [1.82, 2.24) is 5.32 Å². The molecule has 0 bridgehead atoms. The number of rotatable bonds is 7. The molecule has 0 spiro atoms. The Labute approximate surface area is 103 Å². The van der Waals surface area contributed by atoms with Crippen LogP contribution >= 0.6 is 0 Å². The SMILES string of the molecule is O=CNCCCCC1(c2ccccc2)CCC1. The first kappa shape index (κ1) is 12.2. The van der Waals surface area contributed by atoms with E-state index in [1.807, 2.05) is 0 Å². The summed E-state index contributed by atoms with van der Waals surface area (Å²) in [6.07, 6.45) is 8.37. The highest BCUT2D eigenvalue weighted by molar-refractivity contribution is 5.45. The van der Waals surface area contributed by atoms with Crippen LogP contribution < -0.4 is 5.32 Å². The smallest absolute Gasteiger partial charge is 0.207 e. The summed E-state index contributed by atoms with van der Waals surface area (Å²) in [6.45, 7) is 0.814. The molecule has 0 saturated heterocycles. The molecule has 2 heteroatoms. The van der Waals surface area contributed by atoms with Crippen LogP contribution in [0.4, 0.5) is 0 Å². The molecule has 17 heavy (non-hydrogen) atoms. The van der Waals surface area contributed by atoms with Crippen molar-refractivity contribution in [3.8, 4) is 0 Å². The van der Waals surface area contributed by atoms with Crippen LogP contribution in [0.25, 0.3) is 0 Å². The quantitative estimate of drug-likeness (QED) is 0.567. The maximum absolute atomic E-state index is 10.1. The summed E-state index contributed by atoms with van der Waals surface area (Å²) >= 11 is 0. The van der Waals surface area contributed by atoms with Crippen molar-refractivity contribution in [3.63, 3.8) is 0 Å². The monoisotopic (exact) mass is 231 g/mol. The lowest BCUT2D eigenvalue weighted by atomic mass is 9.62. The number of carbonyl (C=O) groups excluding carboxylic acids is 1. The zero-order chi connectivity index (χ0) is 12.0. The fourth-order valence-corrected chi connectivity index (χ4v) is 2.83. The molecule has 1 fully saturated rings. The average molecular weight is 231 g/mol. The van der Waals surface area contributed by atoms with Gasteiger partial charge in [-0.15, -0.1) is 0 Å². The van der Waals surface area contributed by atoms with Crippen LogP contribution in [0, 0.1) is 0 Å². The zero-order valence-corrected chi connectivity index (χ0v) is 10.3. The van der Waals surface area contributed by atoms with Crippen LogP contribution in [-0.2, 0) is 10.2 Å². The first-order valence-corrected chi connectivity index (χ1v) is 6.60. The van der Waals surface area contributed by atoms with Crippen LogP contribution in [-0.4, -0.2) is 13.0 Å². The Morgan fingerprint density at radius 1 is 1.18 bits per heavy atom. The molecule has 1 aliphatic carbocycles. The second kappa shape index (κ2) is 5.85. The molecule has 2 rings (SSSR count). The fraction of sp³-hybridized carbons (Fsp3) is 0.533. The van der Waals surface area contributed by atoms with E-state index in [1.165, 1.54) is 37.7 Å². The van der Waals surface area contributed by atoms with Crippen molar-refractivity contribution in [2.75, 3.05) is 6.54 Å². The van der Waals surface area contributed by atoms with Crippen LogP contribution in [0.1, 0.15) is 44.1 Å². The van der Waals surface area contributed by atoms with E-state index >= 15 is 0 Å². The highest BCUT2D eigenvalue weighted by Crippen LogP contribution is 2.47. The minimum absolute atomic E-state index is 0.447. The van der Waals surface area contributed by atoms with Crippen molar-refractivity contribution in [3.05, 3.63) is 35.9 Å². The van der Waals surface area contributed by atoms with E-state index in [4.69, 9.17) is 0 Å². The number of amides is 1. The molecular weight excluding hydrogens is 210 g/mol. The highest BCUT2D eigenvalue weighted by Gasteiger charge is 2.37. The molecule has 0 heterocycles. The van der Waals surface area contributed by atoms with Gasteiger partial charge in [0.25, 0.3) is 0 Å². The first-order valence-electron chi connectivity index (χ1n) is 6.60. The molecule has 1 aliphatic rings.